The summed E-state index contributed by atoms with van der Waals surface area (Å²) in [4.78, 5) is 33.9. The van der Waals surface area contributed by atoms with E-state index >= 15 is 0 Å². The first-order valence-electron chi connectivity index (χ1n) is 15.5. The van der Waals surface area contributed by atoms with E-state index in [-0.39, 0.29) is 30.3 Å². The number of nitrogens with two attached hydrogens (primary N) is 1. The van der Waals surface area contributed by atoms with E-state index in [4.69, 9.17) is 15.2 Å². The van der Waals surface area contributed by atoms with Crippen LogP contribution in [0.2, 0.25) is 0 Å². The summed E-state index contributed by atoms with van der Waals surface area (Å²) in [7, 11) is 3.29. The predicted molar refractivity (Wildman–Crippen MR) is 180 cm³/mol. The summed E-state index contributed by atoms with van der Waals surface area (Å²) in [6.07, 6.45) is 6.65. The number of hydrogen-bond acceptors (Lipinski definition) is 9. The highest BCUT2D eigenvalue weighted by atomic mass is 16.5. The molecule has 0 saturated heterocycles. The van der Waals surface area contributed by atoms with Crippen molar-refractivity contribution in [3.8, 4) is 11.5 Å². The maximum absolute atomic E-state index is 12.5. The number of benzene rings is 2. The molecule has 0 aliphatic heterocycles. The predicted octanol–water partition coefficient (Wildman–Crippen LogP) is 4.61. The van der Waals surface area contributed by atoms with Gasteiger partial charge < -0.3 is 36.5 Å². The number of aromatic nitrogens is 2. The summed E-state index contributed by atoms with van der Waals surface area (Å²) in [5.74, 6) is 0.961. The number of hydrogen-bond donors (Lipinski definition) is 5. The number of carbonyl (C=O) groups is 2. The molecule has 0 aliphatic carbocycles. The molecule has 0 aliphatic rings. The number of ether oxygens (including phenoxy) is 2. The minimum absolute atomic E-state index is 0.0605. The molecule has 4 aromatic rings. The van der Waals surface area contributed by atoms with E-state index in [1.54, 1.807) is 26.6 Å². The Balaban J connectivity index is 1.11. The van der Waals surface area contributed by atoms with Crippen molar-refractivity contribution in [3.63, 3.8) is 0 Å². The molecule has 6 N–H and O–H groups in total. The molecule has 0 spiro atoms. The maximum Gasteiger partial charge on any atom is 0.237 e. The number of fused-ring (bicyclic) bond motifs is 2. The van der Waals surface area contributed by atoms with Crippen LogP contribution in [0.3, 0.4) is 0 Å². The van der Waals surface area contributed by atoms with E-state index in [1.165, 1.54) is 0 Å². The van der Waals surface area contributed by atoms with Gasteiger partial charge in [0.2, 0.25) is 11.8 Å². The molecule has 2 amide bonds. The van der Waals surface area contributed by atoms with Crippen LogP contribution in [0.4, 0.5) is 11.4 Å². The zero-order valence-corrected chi connectivity index (χ0v) is 26.6. The molecule has 0 saturated carbocycles. The Labute approximate surface area is 264 Å². The second kappa shape index (κ2) is 16.4. The highest BCUT2D eigenvalue weighted by Crippen LogP contribution is 2.29. The van der Waals surface area contributed by atoms with Crippen LogP contribution in [0.25, 0.3) is 21.8 Å². The average molecular weight is 616 g/mol. The number of methoxy groups -OCH3 is 2. The number of amides is 2. The van der Waals surface area contributed by atoms with Crippen molar-refractivity contribution < 1.29 is 19.1 Å². The van der Waals surface area contributed by atoms with Crippen LogP contribution in [0.1, 0.15) is 46.0 Å². The van der Waals surface area contributed by atoms with Gasteiger partial charge in [0.15, 0.2) is 0 Å². The zero-order chi connectivity index (χ0) is 32.2. The fourth-order valence-electron chi connectivity index (χ4n) is 5.21. The third-order valence-electron chi connectivity index (χ3n) is 7.62. The van der Waals surface area contributed by atoms with Crippen LogP contribution >= 0.6 is 0 Å². The molecule has 0 bridgehead atoms. The highest BCUT2D eigenvalue weighted by Gasteiger charge is 2.17. The molecular formula is C34H45N7O4. The molecule has 2 unspecified atom stereocenters. The lowest BCUT2D eigenvalue weighted by atomic mass is 10.1. The second-order valence-electron chi connectivity index (χ2n) is 11.3. The van der Waals surface area contributed by atoms with Gasteiger partial charge in [-0.1, -0.05) is 12.1 Å². The highest BCUT2D eigenvalue weighted by molar-refractivity contribution is 5.93. The Hall–Kier alpha value is -4.64. The van der Waals surface area contributed by atoms with Crippen LogP contribution in [0.15, 0.2) is 60.9 Å². The summed E-state index contributed by atoms with van der Waals surface area (Å²) in [5, 5.41) is 14.8. The van der Waals surface area contributed by atoms with Gasteiger partial charge in [0.05, 0.1) is 49.1 Å². The lowest BCUT2D eigenvalue weighted by Gasteiger charge is -2.18. The number of nitrogens with one attached hydrogen (secondary N) is 4. The average Bonchev–Trinajstić information content (AvgIpc) is 3.04. The molecular weight excluding hydrogens is 570 g/mol. The van der Waals surface area contributed by atoms with Gasteiger partial charge in [0, 0.05) is 60.5 Å². The number of carbonyl (C=O) groups excluding carboxylic acids is 2. The largest absolute Gasteiger partial charge is 0.497 e. The molecule has 0 fully saturated rings. The van der Waals surface area contributed by atoms with Gasteiger partial charge in [-0.3, -0.25) is 19.6 Å². The molecule has 11 heteroatoms. The molecule has 2 aromatic carbocycles. The molecule has 4 rings (SSSR count). The minimum atomic E-state index is -0.899. The molecule has 2 aromatic heterocycles. The summed E-state index contributed by atoms with van der Waals surface area (Å²) >= 11 is 0. The van der Waals surface area contributed by atoms with Crippen LogP contribution in [0.5, 0.6) is 11.5 Å². The third-order valence-corrected chi connectivity index (χ3v) is 7.62. The Kier molecular flexibility index (Phi) is 12.1. The summed E-state index contributed by atoms with van der Waals surface area (Å²) in [6, 6.07) is 15.0. The quantitative estimate of drug-likeness (QED) is 0.107. The van der Waals surface area contributed by atoms with Gasteiger partial charge in [0.1, 0.15) is 11.5 Å². The normalized spacial score (nSPS) is 13.1. The molecule has 240 valence electrons. The van der Waals surface area contributed by atoms with E-state index in [9.17, 15) is 9.59 Å². The van der Waals surface area contributed by atoms with Gasteiger partial charge in [-0.15, -0.1) is 0 Å². The van der Waals surface area contributed by atoms with Crippen molar-refractivity contribution in [1.29, 1.82) is 0 Å². The van der Waals surface area contributed by atoms with Crippen molar-refractivity contribution >= 4 is 45.0 Å². The maximum atomic E-state index is 12.5. The lowest BCUT2D eigenvalue weighted by molar-refractivity contribution is -0.127. The van der Waals surface area contributed by atoms with Crippen molar-refractivity contribution in [1.82, 2.24) is 20.6 Å². The van der Waals surface area contributed by atoms with E-state index < -0.39 is 6.04 Å². The monoisotopic (exact) mass is 615 g/mol. The van der Waals surface area contributed by atoms with Gasteiger partial charge in [0.25, 0.3) is 0 Å². The van der Waals surface area contributed by atoms with Gasteiger partial charge >= 0.3 is 0 Å². The molecule has 45 heavy (non-hydrogen) atoms. The van der Waals surface area contributed by atoms with E-state index in [1.807, 2.05) is 48.5 Å². The standard InChI is InChI=1S/C34H45N7O4/c1-22(40-29-19-26(44-3)17-24-11-7-14-37-32(24)29)9-5-13-36-31(42)21-28(35)34(43)39-16-6-10-23(2)41-30-20-27(45-4)18-25-12-8-15-38-33(25)30/h7-8,11-12,14-15,17-20,22-23,28,40-41H,5-6,9-10,13,16,21,35H2,1-4H3,(H,36,42)(H,39,43)/t22?,23?,28-/m0/s1. The number of pyridine rings is 2. The van der Waals surface area contributed by atoms with Crippen LogP contribution in [-0.4, -0.2) is 67.2 Å². The summed E-state index contributed by atoms with van der Waals surface area (Å²) in [6.45, 7) is 5.14. The molecule has 11 nitrogen and oxygen atoms in total. The zero-order valence-electron chi connectivity index (χ0n) is 26.6. The Morgan fingerprint density at radius 3 is 1.76 bits per heavy atom. The van der Waals surface area contributed by atoms with Crippen molar-refractivity contribution in [3.05, 3.63) is 60.9 Å². The third kappa shape index (κ3) is 9.67. The first-order chi connectivity index (χ1) is 21.8. The second-order valence-corrected chi connectivity index (χ2v) is 11.3. The van der Waals surface area contributed by atoms with Crippen LogP contribution < -0.4 is 36.5 Å². The van der Waals surface area contributed by atoms with Crippen LogP contribution in [-0.2, 0) is 9.59 Å². The SMILES string of the molecule is COc1cc(NC(C)CCCNC(=O)C[C@H](N)C(=O)NCCCC(C)Nc2cc(OC)cc3cccnc23)c2ncccc2c1. The Morgan fingerprint density at radius 1 is 0.778 bits per heavy atom. The summed E-state index contributed by atoms with van der Waals surface area (Å²) in [5.41, 5.74) is 9.60. The van der Waals surface area contributed by atoms with E-state index in [0.29, 0.717) is 13.1 Å². The van der Waals surface area contributed by atoms with Gasteiger partial charge in [-0.25, -0.2) is 0 Å². The molecule has 2 heterocycles. The number of nitrogens with zero attached hydrogens (tertiary/aromatic N) is 2. The van der Waals surface area contributed by atoms with Crippen molar-refractivity contribution in [2.75, 3.05) is 37.9 Å². The number of anilines is 2. The Morgan fingerprint density at radius 2 is 1.27 bits per heavy atom. The lowest BCUT2D eigenvalue weighted by Crippen LogP contribution is -2.44. The minimum Gasteiger partial charge on any atom is -0.497 e. The fraction of sp³-hybridized carbons (Fsp3) is 0.412. The van der Waals surface area contributed by atoms with Crippen molar-refractivity contribution in [2.24, 2.45) is 5.73 Å². The summed E-state index contributed by atoms with van der Waals surface area (Å²) < 4.78 is 10.9. The van der Waals surface area contributed by atoms with Crippen molar-refractivity contribution in [2.45, 2.75) is 64.1 Å². The first-order valence-corrected chi connectivity index (χ1v) is 15.5. The van der Waals surface area contributed by atoms with E-state index in [0.717, 1.165) is 70.4 Å². The first kappa shape index (κ1) is 33.3. The molecule has 0 radical (unpaired) electrons. The van der Waals surface area contributed by atoms with Gasteiger partial charge in [-0.2, -0.15) is 0 Å². The van der Waals surface area contributed by atoms with Gasteiger partial charge in [-0.05, 0) is 63.8 Å². The smallest absolute Gasteiger partial charge is 0.237 e. The topological polar surface area (TPSA) is 153 Å². The Bertz CT molecular complexity index is 1580. The van der Waals surface area contributed by atoms with E-state index in [2.05, 4.69) is 45.1 Å². The number of rotatable bonds is 17. The molecule has 3 atom stereocenters. The van der Waals surface area contributed by atoms with Crippen LogP contribution in [0, 0.1) is 0 Å². The fourth-order valence-corrected chi connectivity index (χ4v) is 5.21.